The van der Waals surface area contributed by atoms with Crippen LogP contribution >= 0.6 is 0 Å². The van der Waals surface area contributed by atoms with Crippen LogP contribution in [0.25, 0.3) is 0 Å². The van der Waals surface area contributed by atoms with E-state index in [-0.39, 0.29) is 22.8 Å². The fourth-order valence-electron chi connectivity index (χ4n) is 3.70. The van der Waals surface area contributed by atoms with Crippen molar-refractivity contribution in [1.29, 1.82) is 0 Å². The van der Waals surface area contributed by atoms with Gasteiger partial charge in [-0.2, -0.15) is 0 Å². The van der Waals surface area contributed by atoms with Gasteiger partial charge in [-0.25, -0.2) is 12.8 Å². The van der Waals surface area contributed by atoms with E-state index in [4.69, 9.17) is 0 Å². The molecule has 0 aliphatic carbocycles. The third-order valence-corrected chi connectivity index (χ3v) is 7.51. The van der Waals surface area contributed by atoms with Crippen molar-refractivity contribution in [2.75, 3.05) is 17.4 Å². The molecule has 0 fully saturated rings. The molecule has 0 spiro atoms. The summed E-state index contributed by atoms with van der Waals surface area (Å²) in [7, 11) is -4.35. The maximum Gasteiger partial charge on any atom is 0.271 e. The number of nitro benzene ring substituents is 1. The third kappa shape index (κ3) is 6.71. The van der Waals surface area contributed by atoms with E-state index in [1.165, 1.54) is 78.6 Å². The highest BCUT2D eigenvalue weighted by Gasteiger charge is 2.33. The summed E-state index contributed by atoms with van der Waals surface area (Å²) in [6, 6.07) is 16.6. The first kappa shape index (κ1) is 28.3. The Labute approximate surface area is 219 Å². The SMILES string of the molecule is CCNC(=O)[C@@H](C)N(Cc1ccc(F)cc1)C(=O)CN(c1cccc([N+](=O)[O-])c1)S(=O)(=O)c1ccccc1. The molecular formula is C26H27FN4O6S. The number of amides is 2. The van der Waals surface area contributed by atoms with Gasteiger partial charge in [0, 0.05) is 25.2 Å². The van der Waals surface area contributed by atoms with E-state index in [9.17, 15) is 32.5 Å². The minimum Gasteiger partial charge on any atom is -0.355 e. The van der Waals surface area contributed by atoms with Crippen LogP contribution < -0.4 is 9.62 Å². The number of halogens is 1. The van der Waals surface area contributed by atoms with Crippen molar-refractivity contribution >= 4 is 33.2 Å². The van der Waals surface area contributed by atoms with Gasteiger partial charge in [0.05, 0.1) is 15.5 Å². The van der Waals surface area contributed by atoms with Crippen molar-refractivity contribution in [3.05, 3.63) is 100 Å². The summed E-state index contributed by atoms with van der Waals surface area (Å²) in [5.74, 6) is -1.68. The Hall–Kier alpha value is -4.32. The number of hydrogen-bond acceptors (Lipinski definition) is 6. The molecule has 0 heterocycles. The first-order chi connectivity index (χ1) is 18.0. The van der Waals surface area contributed by atoms with Crippen molar-refractivity contribution in [2.24, 2.45) is 0 Å². The number of non-ortho nitro benzene ring substituents is 1. The van der Waals surface area contributed by atoms with E-state index in [1.54, 1.807) is 13.0 Å². The number of nitro groups is 1. The van der Waals surface area contributed by atoms with Gasteiger partial charge in [-0.05, 0) is 49.7 Å². The molecule has 0 aliphatic heterocycles. The standard InChI is InChI=1S/C26H27FN4O6S/c1-3-28-26(33)19(2)29(17-20-12-14-21(27)15-13-20)25(32)18-30(22-8-7-9-23(16-22)31(34)35)38(36,37)24-10-5-4-6-11-24/h4-16,19H,3,17-18H2,1-2H3,(H,28,33)/t19-/m1/s1. The lowest BCUT2D eigenvalue weighted by atomic mass is 10.1. The lowest BCUT2D eigenvalue weighted by molar-refractivity contribution is -0.384. The number of hydrogen-bond donors (Lipinski definition) is 1. The van der Waals surface area contributed by atoms with E-state index in [1.807, 2.05) is 0 Å². The molecule has 3 rings (SSSR count). The molecule has 1 atom stereocenters. The van der Waals surface area contributed by atoms with Gasteiger partial charge in [0.2, 0.25) is 11.8 Å². The summed E-state index contributed by atoms with van der Waals surface area (Å²) < 4.78 is 41.5. The summed E-state index contributed by atoms with van der Waals surface area (Å²) in [5, 5.41) is 14.0. The highest BCUT2D eigenvalue weighted by Crippen LogP contribution is 2.27. The second kappa shape index (κ2) is 12.3. The Bertz CT molecular complexity index is 1400. The molecule has 12 heteroatoms. The summed E-state index contributed by atoms with van der Waals surface area (Å²) in [5.41, 5.74) is 0.0644. The van der Waals surface area contributed by atoms with E-state index < -0.39 is 45.2 Å². The van der Waals surface area contributed by atoms with Crippen molar-refractivity contribution in [3.63, 3.8) is 0 Å². The number of sulfonamides is 1. The van der Waals surface area contributed by atoms with Gasteiger partial charge in [0.25, 0.3) is 15.7 Å². The van der Waals surface area contributed by atoms with Gasteiger partial charge in [-0.3, -0.25) is 24.0 Å². The zero-order valence-electron chi connectivity index (χ0n) is 20.8. The minimum absolute atomic E-state index is 0.0937. The Kier molecular flexibility index (Phi) is 9.13. The summed E-state index contributed by atoms with van der Waals surface area (Å²) in [6.45, 7) is 2.67. The van der Waals surface area contributed by atoms with Crippen LogP contribution in [0.3, 0.4) is 0 Å². The molecule has 0 radical (unpaired) electrons. The average Bonchev–Trinajstić information content (AvgIpc) is 2.91. The summed E-state index contributed by atoms with van der Waals surface area (Å²) >= 11 is 0. The first-order valence-electron chi connectivity index (χ1n) is 11.7. The fourth-order valence-corrected chi connectivity index (χ4v) is 5.13. The Balaban J connectivity index is 2.05. The van der Waals surface area contributed by atoms with Crippen LogP contribution in [-0.2, 0) is 26.2 Å². The van der Waals surface area contributed by atoms with Crippen LogP contribution in [0.5, 0.6) is 0 Å². The maximum absolute atomic E-state index is 13.7. The van der Waals surface area contributed by atoms with Crippen LogP contribution in [0, 0.1) is 15.9 Å². The van der Waals surface area contributed by atoms with Crippen LogP contribution in [-0.4, -0.2) is 49.2 Å². The molecule has 0 aliphatic rings. The van der Waals surface area contributed by atoms with Gasteiger partial charge >= 0.3 is 0 Å². The molecule has 0 saturated heterocycles. The number of nitrogens with zero attached hydrogens (tertiary/aromatic N) is 3. The number of benzene rings is 3. The number of likely N-dealkylation sites (N-methyl/N-ethyl adjacent to an activating group) is 1. The number of carbonyl (C=O) groups excluding carboxylic acids is 2. The van der Waals surface area contributed by atoms with E-state index in [2.05, 4.69) is 5.32 Å². The second-order valence-corrected chi connectivity index (χ2v) is 10.2. The zero-order valence-corrected chi connectivity index (χ0v) is 21.6. The van der Waals surface area contributed by atoms with Gasteiger partial charge in [-0.1, -0.05) is 36.4 Å². The third-order valence-electron chi connectivity index (χ3n) is 5.72. The quantitative estimate of drug-likeness (QED) is 0.292. The largest absolute Gasteiger partial charge is 0.355 e. The van der Waals surface area contributed by atoms with Gasteiger partial charge < -0.3 is 10.2 Å². The Morgan fingerprint density at radius 2 is 1.68 bits per heavy atom. The lowest BCUT2D eigenvalue weighted by Crippen LogP contribution is -2.51. The maximum atomic E-state index is 13.7. The fraction of sp³-hybridized carbons (Fsp3) is 0.231. The minimum atomic E-state index is -4.35. The van der Waals surface area contributed by atoms with Crippen LogP contribution in [0.4, 0.5) is 15.8 Å². The monoisotopic (exact) mass is 542 g/mol. The van der Waals surface area contributed by atoms with Crippen molar-refractivity contribution in [2.45, 2.75) is 31.3 Å². The number of carbonyl (C=O) groups is 2. The van der Waals surface area contributed by atoms with Crippen LogP contribution in [0.2, 0.25) is 0 Å². The molecular weight excluding hydrogens is 515 g/mol. The lowest BCUT2D eigenvalue weighted by Gasteiger charge is -2.32. The highest BCUT2D eigenvalue weighted by atomic mass is 32.2. The van der Waals surface area contributed by atoms with Crippen LogP contribution in [0.15, 0.2) is 83.8 Å². The molecule has 10 nitrogen and oxygen atoms in total. The molecule has 0 unspecified atom stereocenters. The molecule has 200 valence electrons. The van der Waals surface area contributed by atoms with Crippen molar-refractivity contribution in [1.82, 2.24) is 10.2 Å². The molecule has 0 aromatic heterocycles. The second-order valence-electron chi connectivity index (χ2n) is 8.32. The molecule has 3 aromatic rings. The van der Waals surface area contributed by atoms with Gasteiger partial charge in [0.1, 0.15) is 18.4 Å². The number of nitrogens with one attached hydrogen (secondary N) is 1. The van der Waals surface area contributed by atoms with Gasteiger partial charge in [0.15, 0.2) is 0 Å². The van der Waals surface area contributed by atoms with Crippen molar-refractivity contribution in [3.8, 4) is 0 Å². The molecule has 0 bridgehead atoms. The van der Waals surface area contributed by atoms with Crippen molar-refractivity contribution < 1.29 is 27.3 Å². The highest BCUT2D eigenvalue weighted by molar-refractivity contribution is 7.92. The van der Waals surface area contributed by atoms with E-state index in [0.29, 0.717) is 12.1 Å². The van der Waals surface area contributed by atoms with Gasteiger partial charge in [-0.15, -0.1) is 0 Å². The molecule has 3 aromatic carbocycles. The summed E-state index contributed by atoms with van der Waals surface area (Å²) in [4.78, 5) is 38.1. The first-order valence-corrected chi connectivity index (χ1v) is 13.1. The van der Waals surface area contributed by atoms with E-state index >= 15 is 0 Å². The van der Waals surface area contributed by atoms with E-state index in [0.717, 1.165) is 10.4 Å². The molecule has 38 heavy (non-hydrogen) atoms. The Morgan fingerprint density at radius 3 is 2.29 bits per heavy atom. The summed E-state index contributed by atoms with van der Waals surface area (Å²) in [6.07, 6.45) is 0. The van der Waals surface area contributed by atoms with Crippen LogP contribution in [0.1, 0.15) is 19.4 Å². The molecule has 1 N–H and O–H groups in total. The zero-order chi connectivity index (χ0) is 27.9. The Morgan fingerprint density at radius 1 is 1.03 bits per heavy atom. The average molecular weight is 543 g/mol. The number of anilines is 1. The smallest absolute Gasteiger partial charge is 0.271 e. The number of rotatable bonds is 11. The molecule has 0 saturated carbocycles. The normalized spacial score (nSPS) is 11.9. The topological polar surface area (TPSA) is 130 Å². The predicted octanol–water partition coefficient (Wildman–Crippen LogP) is 3.48. The molecule has 2 amide bonds. The predicted molar refractivity (Wildman–Crippen MR) is 139 cm³/mol.